The molecule has 1 unspecified atom stereocenters. The summed E-state index contributed by atoms with van der Waals surface area (Å²) in [5.74, 6) is -1.00. The van der Waals surface area contributed by atoms with Gasteiger partial charge in [0.15, 0.2) is 0 Å². The molecule has 0 bridgehead atoms. The number of unbranched alkanes of at least 4 members (excludes halogenated alkanes) is 1. The van der Waals surface area contributed by atoms with Gasteiger partial charge in [0.2, 0.25) is 0 Å². The molecule has 0 N–H and O–H groups in total. The van der Waals surface area contributed by atoms with E-state index in [9.17, 15) is 8.78 Å². The van der Waals surface area contributed by atoms with E-state index in [0.29, 0.717) is 12.0 Å². The van der Waals surface area contributed by atoms with Crippen LogP contribution >= 0.6 is 0 Å². The lowest BCUT2D eigenvalue weighted by Crippen LogP contribution is -2.45. The van der Waals surface area contributed by atoms with E-state index in [1.807, 2.05) is 6.07 Å². The molecule has 23 heavy (non-hydrogen) atoms. The third kappa shape index (κ3) is 3.35. The van der Waals surface area contributed by atoms with E-state index < -0.39 is 11.6 Å². The van der Waals surface area contributed by atoms with Crippen LogP contribution in [0, 0.1) is 11.6 Å². The summed E-state index contributed by atoms with van der Waals surface area (Å²) in [7, 11) is 0. The van der Waals surface area contributed by atoms with Crippen LogP contribution in [0.4, 0.5) is 14.5 Å². The molecule has 1 aliphatic rings. The fourth-order valence-electron chi connectivity index (χ4n) is 3.36. The van der Waals surface area contributed by atoms with E-state index in [2.05, 4.69) is 37.4 Å². The van der Waals surface area contributed by atoms with Crippen molar-refractivity contribution in [3.05, 3.63) is 71.4 Å². The van der Waals surface area contributed by atoms with Crippen LogP contribution in [0.5, 0.6) is 0 Å². The lowest BCUT2D eigenvalue weighted by Gasteiger charge is -2.32. The highest BCUT2D eigenvalue weighted by atomic mass is 19.1. The lowest BCUT2D eigenvalue weighted by molar-refractivity contribution is 0.370. The topological polar surface area (TPSA) is 0 Å². The Kier molecular flexibility index (Phi) is 4.58. The number of nitrogens with zero attached hydrogens (tertiary/aromatic N) is 1. The van der Waals surface area contributed by atoms with Crippen molar-refractivity contribution in [2.75, 3.05) is 13.1 Å². The molecule has 1 nitrogen and oxygen atoms in total. The van der Waals surface area contributed by atoms with Crippen molar-refractivity contribution < 1.29 is 8.78 Å². The molecule has 0 saturated heterocycles. The number of fused-ring (bicyclic) bond motifs is 1. The average Bonchev–Trinajstić information content (AvgIpc) is 2.90. The van der Waals surface area contributed by atoms with Gasteiger partial charge in [-0.3, -0.25) is 4.48 Å². The van der Waals surface area contributed by atoms with Crippen LogP contribution in [-0.4, -0.2) is 13.1 Å². The van der Waals surface area contributed by atoms with Gasteiger partial charge < -0.3 is 0 Å². The minimum Gasteiger partial charge on any atom is -0.264 e. The van der Waals surface area contributed by atoms with E-state index in [-0.39, 0.29) is 0 Å². The number of rotatable bonds is 6. The molecule has 0 spiro atoms. The van der Waals surface area contributed by atoms with Crippen LogP contribution in [0.25, 0.3) is 6.08 Å². The van der Waals surface area contributed by atoms with Gasteiger partial charge in [-0.2, -0.15) is 0 Å². The molecule has 0 aromatic heterocycles. The van der Waals surface area contributed by atoms with Crippen molar-refractivity contribution in [1.82, 2.24) is 4.48 Å². The van der Waals surface area contributed by atoms with Crippen LogP contribution in [0.3, 0.4) is 0 Å². The zero-order valence-corrected chi connectivity index (χ0v) is 13.4. The fraction of sp³-hybridized carbons (Fsp3) is 0.300. The number of benzene rings is 2. The predicted octanol–water partition coefficient (Wildman–Crippen LogP) is 5.30. The normalized spacial score (nSPS) is 19.1. The zero-order valence-electron chi connectivity index (χ0n) is 13.4. The summed E-state index contributed by atoms with van der Waals surface area (Å²) in [5, 5.41) is 0. The molecule has 0 amide bonds. The Balaban J connectivity index is 1.85. The monoisotopic (exact) mass is 314 g/mol. The van der Waals surface area contributed by atoms with Crippen molar-refractivity contribution in [3.63, 3.8) is 0 Å². The minimum atomic E-state index is -0.502. The highest BCUT2D eigenvalue weighted by molar-refractivity contribution is 5.73. The number of hydrogen-bond acceptors (Lipinski definition) is 0. The Morgan fingerprint density at radius 1 is 0.957 bits per heavy atom. The molecule has 2 aromatic rings. The molecule has 2 aromatic carbocycles. The highest BCUT2D eigenvalue weighted by Gasteiger charge is 2.33. The molecule has 1 aliphatic heterocycles. The van der Waals surface area contributed by atoms with Gasteiger partial charge in [-0.15, -0.1) is 0 Å². The summed E-state index contributed by atoms with van der Waals surface area (Å²) < 4.78 is 27.6. The number of hydrogen-bond donors (Lipinski definition) is 0. The van der Waals surface area contributed by atoms with E-state index in [1.165, 1.54) is 23.4 Å². The molecule has 3 heteroatoms. The second-order valence-corrected chi connectivity index (χ2v) is 6.24. The molecule has 0 fully saturated rings. The SMILES string of the molecule is CCCC[N+]1(CCc2cc(F)cc(F)c2)C=Cc2ccccc21. The number of quaternary nitrogens is 1. The Labute approximate surface area is 136 Å². The van der Waals surface area contributed by atoms with Gasteiger partial charge in [-0.05, 0) is 30.2 Å². The molecule has 0 aliphatic carbocycles. The molecule has 1 heterocycles. The molecule has 120 valence electrons. The second kappa shape index (κ2) is 6.63. The summed E-state index contributed by atoms with van der Waals surface area (Å²) in [4.78, 5) is 0. The van der Waals surface area contributed by atoms with Crippen LogP contribution in [0.15, 0.2) is 48.7 Å². The van der Waals surface area contributed by atoms with E-state index in [0.717, 1.165) is 36.5 Å². The van der Waals surface area contributed by atoms with Gasteiger partial charge in [0, 0.05) is 30.2 Å². The number of para-hydroxylation sites is 1. The largest absolute Gasteiger partial charge is 0.264 e. The van der Waals surface area contributed by atoms with Gasteiger partial charge in [0.05, 0.1) is 13.1 Å². The number of halogens is 2. The molecular weight excluding hydrogens is 292 g/mol. The summed E-state index contributed by atoms with van der Waals surface area (Å²) in [6, 6.07) is 12.2. The van der Waals surface area contributed by atoms with Crippen LogP contribution in [0.2, 0.25) is 0 Å². The van der Waals surface area contributed by atoms with Gasteiger partial charge >= 0.3 is 0 Å². The second-order valence-electron chi connectivity index (χ2n) is 6.24. The summed E-state index contributed by atoms with van der Waals surface area (Å²) in [6.07, 6.45) is 7.30. The predicted molar refractivity (Wildman–Crippen MR) is 92.0 cm³/mol. The quantitative estimate of drug-likeness (QED) is 0.635. The summed E-state index contributed by atoms with van der Waals surface area (Å²) >= 11 is 0. The van der Waals surface area contributed by atoms with E-state index in [4.69, 9.17) is 0 Å². The van der Waals surface area contributed by atoms with Gasteiger partial charge in [0.1, 0.15) is 23.5 Å². The van der Waals surface area contributed by atoms with Crippen LogP contribution in [0.1, 0.15) is 30.9 Å². The van der Waals surface area contributed by atoms with Crippen molar-refractivity contribution in [2.45, 2.75) is 26.2 Å². The first-order valence-corrected chi connectivity index (χ1v) is 8.23. The van der Waals surface area contributed by atoms with Crippen molar-refractivity contribution in [1.29, 1.82) is 0 Å². The van der Waals surface area contributed by atoms with Crippen molar-refractivity contribution in [2.24, 2.45) is 0 Å². The Morgan fingerprint density at radius 3 is 2.43 bits per heavy atom. The van der Waals surface area contributed by atoms with E-state index >= 15 is 0 Å². The first kappa shape index (κ1) is 15.9. The first-order chi connectivity index (χ1) is 11.1. The van der Waals surface area contributed by atoms with Gasteiger partial charge in [-0.25, -0.2) is 8.78 Å². The van der Waals surface area contributed by atoms with E-state index in [1.54, 1.807) is 0 Å². The molecule has 0 saturated carbocycles. The Bertz CT molecular complexity index is 703. The molecular formula is C20H22F2N+. The van der Waals surface area contributed by atoms with Crippen LogP contribution in [-0.2, 0) is 6.42 Å². The Hall–Kier alpha value is -2.00. The van der Waals surface area contributed by atoms with Crippen molar-refractivity contribution in [3.8, 4) is 0 Å². The molecule has 1 atom stereocenters. The maximum absolute atomic E-state index is 13.4. The Morgan fingerprint density at radius 2 is 1.70 bits per heavy atom. The average molecular weight is 314 g/mol. The standard InChI is InChI=1S/C20H22F2N/c1-2-3-10-23(12-9-17-6-4-5-7-20(17)23)11-8-16-13-18(21)15-19(22)14-16/h4-7,9,12-15H,2-3,8,10-11H2,1H3/q+1. The molecule has 0 radical (unpaired) electrons. The minimum absolute atomic E-state index is 0.502. The smallest absolute Gasteiger partial charge is 0.144 e. The maximum atomic E-state index is 13.4. The maximum Gasteiger partial charge on any atom is 0.144 e. The van der Waals surface area contributed by atoms with Crippen LogP contribution < -0.4 is 4.48 Å². The summed E-state index contributed by atoms with van der Waals surface area (Å²) in [5.41, 5.74) is 3.25. The lowest BCUT2D eigenvalue weighted by atomic mass is 10.1. The van der Waals surface area contributed by atoms with Crippen molar-refractivity contribution >= 4 is 11.8 Å². The third-order valence-electron chi connectivity index (χ3n) is 4.59. The summed E-state index contributed by atoms with van der Waals surface area (Å²) in [6.45, 7) is 4.02. The highest BCUT2D eigenvalue weighted by Crippen LogP contribution is 2.36. The third-order valence-corrected chi connectivity index (χ3v) is 4.59. The fourth-order valence-corrected chi connectivity index (χ4v) is 3.36. The van der Waals surface area contributed by atoms with Gasteiger partial charge in [0.25, 0.3) is 0 Å². The van der Waals surface area contributed by atoms with Gasteiger partial charge in [-0.1, -0.05) is 25.5 Å². The molecule has 3 rings (SSSR count). The first-order valence-electron chi connectivity index (χ1n) is 8.23. The zero-order chi connectivity index (χ0) is 16.3.